The third-order valence-corrected chi connectivity index (χ3v) is 9.55. The summed E-state index contributed by atoms with van der Waals surface area (Å²) in [5.41, 5.74) is 10.8. The number of hydrogen-bond donors (Lipinski definition) is 2. The fourth-order valence-corrected chi connectivity index (χ4v) is 7.15. The second kappa shape index (κ2) is 12.9. The summed E-state index contributed by atoms with van der Waals surface area (Å²) >= 11 is 0. The van der Waals surface area contributed by atoms with Crippen LogP contribution >= 0.6 is 0 Å². The van der Waals surface area contributed by atoms with Crippen molar-refractivity contribution in [1.29, 1.82) is 0 Å². The Morgan fingerprint density at radius 2 is 0.904 bits per heavy atom. The zero-order valence-corrected chi connectivity index (χ0v) is 28.6. The minimum atomic E-state index is -0.523. The van der Waals surface area contributed by atoms with Crippen molar-refractivity contribution in [3.05, 3.63) is 157 Å². The summed E-state index contributed by atoms with van der Waals surface area (Å²) < 4.78 is 13.0. The van der Waals surface area contributed by atoms with Crippen molar-refractivity contribution in [3.8, 4) is 56.3 Å². The van der Waals surface area contributed by atoms with Crippen LogP contribution in [-0.4, -0.2) is 25.9 Å². The van der Waals surface area contributed by atoms with Crippen molar-refractivity contribution in [2.75, 3.05) is 0 Å². The molecular weight excluding hydrogens is 645 g/mol. The summed E-state index contributed by atoms with van der Waals surface area (Å²) in [5, 5.41) is 0. The molecule has 1 unspecified atom stereocenters. The number of ether oxygens (including phenoxy) is 2. The number of esters is 1. The minimum absolute atomic E-state index is 0.100. The van der Waals surface area contributed by atoms with Crippen LogP contribution in [0, 0.1) is 5.92 Å². The molecule has 7 aromatic rings. The first kappa shape index (κ1) is 31.3. The van der Waals surface area contributed by atoms with Gasteiger partial charge in [0.2, 0.25) is 11.8 Å². The van der Waals surface area contributed by atoms with E-state index in [0.717, 1.165) is 61.1 Å². The fraction of sp³-hybridized carbons (Fsp3) is 0.0889. The molecule has 5 heterocycles. The number of aromatic nitrogens is 4. The maximum absolute atomic E-state index is 14.0. The number of hydrogen-bond acceptors (Lipinski definition) is 5. The van der Waals surface area contributed by atoms with Crippen molar-refractivity contribution in [3.63, 3.8) is 0 Å². The van der Waals surface area contributed by atoms with Crippen LogP contribution in [0.1, 0.15) is 36.1 Å². The van der Waals surface area contributed by atoms with Gasteiger partial charge in [0.25, 0.3) is 0 Å². The van der Waals surface area contributed by atoms with E-state index in [-0.39, 0.29) is 23.6 Å². The van der Waals surface area contributed by atoms with Crippen molar-refractivity contribution in [2.24, 2.45) is 5.92 Å². The highest BCUT2D eigenvalue weighted by Crippen LogP contribution is 2.45. The molecule has 0 saturated carbocycles. The van der Waals surface area contributed by atoms with Gasteiger partial charge in [0.05, 0.1) is 27.9 Å². The smallest absolute Gasteiger partial charge is 0.364 e. The Labute approximate surface area is 300 Å². The highest BCUT2D eigenvalue weighted by atomic mass is 16.6. The first-order valence-corrected chi connectivity index (χ1v) is 17.4. The predicted octanol–water partition coefficient (Wildman–Crippen LogP) is 11.0. The van der Waals surface area contributed by atoms with Crippen LogP contribution < -0.4 is 9.47 Å². The topological polar surface area (TPSA) is 92.9 Å². The van der Waals surface area contributed by atoms with E-state index in [2.05, 4.69) is 48.1 Å². The van der Waals surface area contributed by atoms with E-state index in [1.807, 2.05) is 121 Å². The van der Waals surface area contributed by atoms with E-state index in [1.165, 1.54) is 0 Å². The Hall–Kier alpha value is -6.73. The second-order valence-electron chi connectivity index (χ2n) is 13.3. The average Bonchev–Trinajstić information content (AvgIpc) is 4.00. The zero-order chi connectivity index (χ0) is 35.2. The highest BCUT2D eigenvalue weighted by Gasteiger charge is 2.32. The number of carbonyl (C=O) groups is 1. The van der Waals surface area contributed by atoms with Crippen LogP contribution in [-0.2, 0) is 0 Å². The quantitative estimate of drug-likeness (QED) is 0.177. The lowest BCUT2D eigenvalue weighted by molar-refractivity contribution is 0.0755. The van der Waals surface area contributed by atoms with Crippen LogP contribution in [0.25, 0.3) is 66.6 Å². The Morgan fingerprint density at radius 3 is 1.38 bits per heavy atom. The molecule has 7 nitrogen and oxygen atoms in total. The Bertz CT molecular complexity index is 2610. The lowest BCUT2D eigenvalue weighted by Crippen LogP contribution is -2.11. The van der Waals surface area contributed by atoms with Gasteiger partial charge >= 0.3 is 5.97 Å². The molecule has 2 aliphatic heterocycles. The van der Waals surface area contributed by atoms with Crippen LogP contribution in [0.5, 0.6) is 11.8 Å². The molecule has 252 valence electrons. The molecule has 4 aromatic carbocycles. The van der Waals surface area contributed by atoms with E-state index in [9.17, 15) is 4.79 Å². The van der Waals surface area contributed by atoms with Gasteiger partial charge in [-0.2, -0.15) is 0 Å². The SMILES string of the molecule is CC(C)C1Oc2nc1c(-c1ccccc1)c1ccc([nH]1)c(-c1ccccc1)c1nc(c(-c3ccccc3)c3ccc([nH]3)c2-c2ccccc2)OC1=O. The molecule has 2 aliphatic rings. The minimum Gasteiger partial charge on any atom is -0.467 e. The van der Waals surface area contributed by atoms with E-state index < -0.39 is 5.97 Å². The summed E-state index contributed by atoms with van der Waals surface area (Å²) in [6.45, 7) is 4.31. The predicted molar refractivity (Wildman–Crippen MR) is 206 cm³/mol. The van der Waals surface area contributed by atoms with Gasteiger partial charge in [-0.1, -0.05) is 135 Å². The van der Waals surface area contributed by atoms with E-state index in [0.29, 0.717) is 17.0 Å². The summed E-state index contributed by atoms with van der Waals surface area (Å²) in [7, 11) is 0. The largest absolute Gasteiger partial charge is 0.467 e. The fourth-order valence-electron chi connectivity index (χ4n) is 7.15. The molecule has 0 saturated heterocycles. The molecule has 0 aliphatic carbocycles. The molecule has 2 N–H and O–H groups in total. The number of aromatic amines is 2. The van der Waals surface area contributed by atoms with Gasteiger partial charge in [-0.05, 0) is 52.4 Å². The Morgan fingerprint density at radius 1 is 0.500 bits per heavy atom. The molecule has 0 fully saturated rings. The van der Waals surface area contributed by atoms with Gasteiger partial charge < -0.3 is 19.4 Å². The molecule has 8 bridgehead atoms. The number of nitrogens with zero attached hydrogens (tertiary/aromatic N) is 2. The normalized spacial score (nSPS) is 13.9. The average molecular weight is 679 g/mol. The number of H-pyrrole nitrogens is 2. The van der Waals surface area contributed by atoms with Gasteiger partial charge in [-0.25, -0.2) is 14.8 Å². The van der Waals surface area contributed by atoms with Crippen molar-refractivity contribution >= 4 is 28.0 Å². The highest BCUT2D eigenvalue weighted by molar-refractivity contribution is 6.04. The maximum atomic E-state index is 14.0. The monoisotopic (exact) mass is 678 g/mol. The summed E-state index contributed by atoms with van der Waals surface area (Å²) in [5.74, 6) is 0.322. The summed E-state index contributed by atoms with van der Waals surface area (Å²) in [6, 6.07) is 48.1. The second-order valence-corrected chi connectivity index (χ2v) is 13.3. The Kier molecular flexibility index (Phi) is 7.73. The van der Waals surface area contributed by atoms with Gasteiger partial charge in [0.1, 0.15) is 6.10 Å². The number of nitrogens with one attached hydrogen (secondary N) is 2. The number of benzene rings is 4. The third-order valence-electron chi connectivity index (χ3n) is 9.55. The Balaban J connectivity index is 1.52. The van der Waals surface area contributed by atoms with E-state index >= 15 is 0 Å². The molecule has 7 heteroatoms. The lowest BCUT2D eigenvalue weighted by Gasteiger charge is -2.17. The van der Waals surface area contributed by atoms with Crippen LogP contribution in [0.4, 0.5) is 0 Å². The van der Waals surface area contributed by atoms with Crippen molar-refractivity contribution in [1.82, 2.24) is 19.9 Å². The first-order valence-electron chi connectivity index (χ1n) is 17.4. The van der Waals surface area contributed by atoms with Gasteiger partial charge in [-0.15, -0.1) is 0 Å². The molecule has 1 atom stereocenters. The first-order chi connectivity index (χ1) is 25.5. The number of fused-ring (bicyclic) bond motifs is 8. The van der Waals surface area contributed by atoms with Crippen molar-refractivity contribution in [2.45, 2.75) is 20.0 Å². The molecule has 52 heavy (non-hydrogen) atoms. The van der Waals surface area contributed by atoms with Gasteiger partial charge in [0.15, 0.2) is 5.69 Å². The molecule has 0 spiro atoms. The van der Waals surface area contributed by atoms with Crippen LogP contribution in [0.2, 0.25) is 0 Å². The summed E-state index contributed by atoms with van der Waals surface area (Å²) in [6.07, 6.45) is -0.337. The van der Waals surface area contributed by atoms with E-state index in [4.69, 9.17) is 19.4 Å². The zero-order valence-electron chi connectivity index (χ0n) is 28.6. The standard InChI is InChI=1S/C45H34N4O3/c1-27(2)42-40-36(28-15-7-3-8-16-28)32-23-24-33(46-32)37(29-17-9-4-10-18-29)41-45(50)52-44(49-41)39(31-21-13-6-14-22-31)35-26-25-34(47-35)38(43(48-40)51-42)30-19-11-5-12-20-30/h3-27,42,46-47H,1-2H3. The number of carbonyl (C=O) groups excluding carboxylic acids is 1. The molecule has 9 rings (SSSR count). The van der Waals surface area contributed by atoms with E-state index in [1.54, 1.807) is 0 Å². The molecular formula is C45H34N4O3. The number of rotatable bonds is 5. The van der Waals surface area contributed by atoms with Gasteiger partial charge in [0, 0.05) is 22.2 Å². The van der Waals surface area contributed by atoms with Crippen molar-refractivity contribution < 1.29 is 14.3 Å². The third kappa shape index (κ3) is 5.43. The molecule has 0 radical (unpaired) electrons. The maximum Gasteiger partial charge on any atom is 0.364 e. The molecule has 0 amide bonds. The van der Waals surface area contributed by atoms with Crippen LogP contribution in [0.3, 0.4) is 0 Å². The molecule has 3 aromatic heterocycles. The lowest BCUT2D eigenvalue weighted by atomic mass is 9.96. The summed E-state index contributed by atoms with van der Waals surface area (Å²) in [4.78, 5) is 31.7. The van der Waals surface area contributed by atoms with Gasteiger partial charge in [-0.3, -0.25) is 0 Å². The van der Waals surface area contributed by atoms with Crippen LogP contribution in [0.15, 0.2) is 146 Å².